The number of hydrogen-bond acceptors (Lipinski definition) is 5. The molecule has 1 aliphatic heterocycles. The quantitative estimate of drug-likeness (QED) is 0.244. The molecule has 0 unspecified atom stereocenters. The molecule has 0 fully saturated rings. The minimum Gasteiger partial charge on any atom is -1.00 e. The first-order valence-electron chi connectivity index (χ1n) is 11.6. The molecule has 5 rings (SSSR count). The lowest BCUT2D eigenvalue weighted by molar-refractivity contribution is -0.903. The van der Waals surface area contributed by atoms with Crippen molar-refractivity contribution in [1.29, 1.82) is 0 Å². The van der Waals surface area contributed by atoms with Crippen LogP contribution in [0.25, 0.3) is 11.0 Å². The highest BCUT2D eigenvalue weighted by Crippen LogP contribution is 2.48. The van der Waals surface area contributed by atoms with Crippen LogP contribution in [0.4, 0.5) is 11.4 Å². The van der Waals surface area contributed by atoms with Crippen LogP contribution in [0.15, 0.2) is 85.7 Å². The summed E-state index contributed by atoms with van der Waals surface area (Å²) < 4.78 is 11.5. The van der Waals surface area contributed by atoms with Crippen LogP contribution in [0.5, 0.6) is 5.75 Å². The van der Waals surface area contributed by atoms with Crippen molar-refractivity contribution >= 4 is 45.7 Å². The largest absolute Gasteiger partial charge is 1.00 e. The van der Waals surface area contributed by atoms with Crippen LogP contribution in [0.3, 0.4) is 0 Å². The smallest absolute Gasteiger partial charge is 0.336 e. The van der Waals surface area contributed by atoms with E-state index in [9.17, 15) is 4.79 Å². The van der Waals surface area contributed by atoms with Crippen LogP contribution in [0.2, 0.25) is 5.02 Å². The SMILES string of the molecule is COc1ccc2c(C[N+](C)(C)CCCN3c4ccccc4Sc4ccc(Cl)cc43)cc(=O)oc2c1.[Br-]. The number of anilines is 2. The van der Waals surface area contributed by atoms with E-state index in [0.717, 1.165) is 52.2 Å². The van der Waals surface area contributed by atoms with Crippen molar-refractivity contribution in [3.8, 4) is 5.75 Å². The van der Waals surface area contributed by atoms with E-state index in [1.165, 1.54) is 15.5 Å². The highest BCUT2D eigenvalue weighted by Gasteiger charge is 2.25. The number of hydrogen-bond donors (Lipinski definition) is 0. The minimum atomic E-state index is -0.336. The molecule has 8 heteroatoms. The molecule has 0 amide bonds. The van der Waals surface area contributed by atoms with Crippen molar-refractivity contribution in [3.05, 3.63) is 87.7 Å². The van der Waals surface area contributed by atoms with Gasteiger partial charge in [-0.2, -0.15) is 0 Å². The molecule has 0 radical (unpaired) electrons. The molecule has 5 nitrogen and oxygen atoms in total. The van der Waals surface area contributed by atoms with E-state index < -0.39 is 0 Å². The molecule has 4 aromatic rings. The number of ether oxygens (including phenoxy) is 1. The standard InChI is InChI=1S/C28H28ClN2O3S.BrH/c1-31(2,18-19-15-28(32)34-25-17-21(33-3)10-11-22(19)25)14-6-13-30-23-7-4-5-8-26(23)35-27-12-9-20(29)16-24(27)30;/h4-5,7-12,15-17H,6,13-14,18H2,1-3H3;1H/q+1;/p-1. The molecule has 0 saturated carbocycles. The van der Waals surface area contributed by atoms with E-state index >= 15 is 0 Å². The molecule has 36 heavy (non-hydrogen) atoms. The van der Waals surface area contributed by atoms with Gasteiger partial charge in [-0.15, -0.1) is 0 Å². The van der Waals surface area contributed by atoms with Crippen molar-refractivity contribution in [3.63, 3.8) is 0 Å². The highest BCUT2D eigenvalue weighted by molar-refractivity contribution is 7.99. The van der Waals surface area contributed by atoms with Crippen molar-refractivity contribution in [2.24, 2.45) is 0 Å². The number of rotatable bonds is 7. The van der Waals surface area contributed by atoms with Crippen molar-refractivity contribution in [2.75, 3.05) is 39.2 Å². The summed E-state index contributed by atoms with van der Waals surface area (Å²) in [4.78, 5) is 17.1. The van der Waals surface area contributed by atoms with Gasteiger partial charge in [0.1, 0.15) is 17.9 Å². The molecule has 0 N–H and O–H groups in total. The summed E-state index contributed by atoms with van der Waals surface area (Å²) in [5, 5.41) is 1.69. The van der Waals surface area contributed by atoms with E-state index in [1.807, 2.05) is 18.2 Å². The van der Waals surface area contributed by atoms with Crippen LogP contribution < -0.4 is 32.2 Å². The predicted molar refractivity (Wildman–Crippen MR) is 143 cm³/mol. The van der Waals surface area contributed by atoms with Crippen LogP contribution in [-0.4, -0.2) is 38.8 Å². The number of nitrogens with zero attached hydrogens (tertiary/aromatic N) is 2. The van der Waals surface area contributed by atoms with E-state index in [-0.39, 0.29) is 22.6 Å². The topological polar surface area (TPSA) is 42.7 Å². The van der Waals surface area contributed by atoms with Crippen molar-refractivity contribution in [2.45, 2.75) is 22.8 Å². The van der Waals surface area contributed by atoms with Gasteiger partial charge in [-0.3, -0.25) is 0 Å². The summed E-state index contributed by atoms with van der Waals surface area (Å²) in [6.45, 7) is 2.55. The Kier molecular flexibility index (Phi) is 8.05. The number of benzene rings is 3. The molecular formula is C28H28BrClN2O3S. The normalized spacial score (nSPS) is 12.6. The molecule has 0 spiro atoms. The van der Waals surface area contributed by atoms with Gasteiger partial charge in [0.25, 0.3) is 0 Å². The third-order valence-corrected chi connectivity index (χ3v) is 7.73. The lowest BCUT2D eigenvalue weighted by Crippen LogP contribution is -3.00. The van der Waals surface area contributed by atoms with Gasteiger partial charge in [0.15, 0.2) is 0 Å². The van der Waals surface area contributed by atoms with Crippen LogP contribution in [0.1, 0.15) is 12.0 Å². The average Bonchev–Trinajstić information content (AvgIpc) is 2.83. The van der Waals surface area contributed by atoms with Crippen molar-refractivity contribution < 1.29 is 30.6 Å². The van der Waals surface area contributed by atoms with Gasteiger partial charge in [-0.1, -0.05) is 35.5 Å². The molecule has 0 bridgehead atoms. The van der Waals surface area contributed by atoms with Crippen LogP contribution in [-0.2, 0) is 6.54 Å². The monoisotopic (exact) mass is 586 g/mol. The number of para-hydroxylation sites is 1. The maximum Gasteiger partial charge on any atom is 0.336 e. The first kappa shape index (κ1) is 26.6. The van der Waals surface area contributed by atoms with Gasteiger partial charge in [0, 0.05) is 50.9 Å². The Morgan fingerprint density at radius 3 is 2.58 bits per heavy atom. The van der Waals surface area contributed by atoms with Gasteiger partial charge in [0.2, 0.25) is 0 Å². The number of quaternary nitrogens is 1. The fourth-order valence-electron chi connectivity index (χ4n) is 4.71. The van der Waals surface area contributed by atoms with Gasteiger partial charge in [-0.25, -0.2) is 4.79 Å². The van der Waals surface area contributed by atoms with Gasteiger partial charge < -0.3 is 35.5 Å². The molecule has 1 aromatic heterocycles. The lowest BCUT2D eigenvalue weighted by atomic mass is 10.1. The summed E-state index contributed by atoms with van der Waals surface area (Å²) in [6.07, 6.45) is 0.977. The Morgan fingerprint density at radius 1 is 1.00 bits per heavy atom. The molecule has 188 valence electrons. The highest BCUT2D eigenvalue weighted by atomic mass is 79.9. The summed E-state index contributed by atoms with van der Waals surface area (Å²) in [7, 11) is 6.01. The Hall–Kier alpha value is -2.45. The summed E-state index contributed by atoms with van der Waals surface area (Å²) in [5.41, 5.74) is 3.59. The van der Waals surface area contributed by atoms with Crippen molar-refractivity contribution in [1.82, 2.24) is 0 Å². The molecule has 0 atom stereocenters. The molecule has 1 aliphatic rings. The van der Waals surface area contributed by atoms with E-state index in [1.54, 1.807) is 31.0 Å². The first-order valence-corrected chi connectivity index (χ1v) is 12.8. The molecule has 0 aliphatic carbocycles. The average molecular weight is 588 g/mol. The van der Waals surface area contributed by atoms with Gasteiger partial charge >= 0.3 is 5.63 Å². The van der Waals surface area contributed by atoms with Gasteiger partial charge in [-0.05, 0) is 42.5 Å². The lowest BCUT2D eigenvalue weighted by Gasteiger charge is -2.35. The Balaban J connectivity index is 0.00000304. The predicted octanol–water partition coefficient (Wildman–Crippen LogP) is 3.73. The fraction of sp³-hybridized carbons (Fsp3) is 0.250. The Morgan fingerprint density at radius 2 is 1.78 bits per heavy atom. The van der Waals surface area contributed by atoms with E-state index in [0.29, 0.717) is 11.3 Å². The van der Waals surface area contributed by atoms with Crippen LogP contribution in [0, 0.1) is 0 Å². The number of methoxy groups -OCH3 is 1. The Labute approximate surface area is 231 Å². The van der Waals surface area contributed by atoms with Gasteiger partial charge in [0.05, 0.1) is 39.1 Å². The van der Waals surface area contributed by atoms with E-state index in [4.69, 9.17) is 20.8 Å². The molecule has 3 aromatic carbocycles. The fourth-order valence-corrected chi connectivity index (χ4v) is 5.95. The maximum absolute atomic E-state index is 12.2. The number of fused-ring (bicyclic) bond motifs is 3. The molecular weight excluding hydrogens is 560 g/mol. The van der Waals surface area contributed by atoms with E-state index in [2.05, 4.69) is 55.4 Å². The summed E-state index contributed by atoms with van der Waals surface area (Å²) in [6, 6.07) is 21.9. The Bertz CT molecular complexity index is 1460. The zero-order valence-corrected chi connectivity index (χ0v) is 23.6. The first-order chi connectivity index (χ1) is 16.8. The summed E-state index contributed by atoms with van der Waals surface area (Å²) >= 11 is 8.15. The third kappa shape index (κ3) is 5.59. The maximum atomic E-state index is 12.2. The minimum absolute atomic E-state index is 0. The molecule has 0 saturated heterocycles. The second-order valence-corrected chi connectivity index (χ2v) is 11.0. The van der Waals surface area contributed by atoms with Crippen LogP contribution >= 0.6 is 23.4 Å². The zero-order chi connectivity index (χ0) is 24.6. The second kappa shape index (κ2) is 10.9. The molecule has 2 heterocycles. The zero-order valence-electron chi connectivity index (χ0n) is 20.5. The third-order valence-electron chi connectivity index (χ3n) is 6.37. The number of halogens is 2. The second-order valence-electron chi connectivity index (χ2n) is 9.46. The summed E-state index contributed by atoms with van der Waals surface area (Å²) in [5.74, 6) is 0.673.